The fourth-order valence-corrected chi connectivity index (χ4v) is 6.85. The number of phenolic OH excluding ortho intramolecular Hbond substituents is 4. The summed E-state index contributed by atoms with van der Waals surface area (Å²) in [6.07, 6.45) is 1.02. The highest BCUT2D eigenvalue weighted by atomic mass is 16.3. The fraction of sp³-hybridized carbons (Fsp3) is 0.105. The van der Waals surface area contributed by atoms with Crippen molar-refractivity contribution in [3.8, 4) is 23.0 Å². The molecule has 0 aromatic heterocycles. The second-order valence-electron chi connectivity index (χ2n) is 11.8. The first-order valence-electron chi connectivity index (χ1n) is 14.6. The number of aromatic hydroxyl groups is 4. The predicted molar refractivity (Wildman–Crippen MR) is 170 cm³/mol. The van der Waals surface area contributed by atoms with E-state index in [0.29, 0.717) is 34.8 Å². The van der Waals surface area contributed by atoms with Gasteiger partial charge in [-0.3, -0.25) is 19.2 Å². The standard InChI is InChI=1S/C19H14O4.C19H12O4/c2*1-9-7-10-5-6-12-17(15(10)14(21)8-9)19(23)11-3-2-4-13(20)16(11)18(12)22/h2-4,7-8,20-21H,5-6H2,1H3;2-8,20-21H,1H3. The van der Waals surface area contributed by atoms with Gasteiger partial charge in [-0.25, -0.2) is 0 Å². The summed E-state index contributed by atoms with van der Waals surface area (Å²) in [6.45, 7) is 3.73. The van der Waals surface area contributed by atoms with Crippen molar-refractivity contribution in [3.05, 3.63) is 134 Å². The van der Waals surface area contributed by atoms with E-state index >= 15 is 0 Å². The van der Waals surface area contributed by atoms with Gasteiger partial charge in [0, 0.05) is 44.3 Å². The maximum atomic E-state index is 12.9. The van der Waals surface area contributed by atoms with E-state index in [1.54, 1.807) is 36.4 Å². The molecule has 5 aromatic rings. The molecule has 0 fully saturated rings. The molecule has 8 nitrogen and oxygen atoms in total. The number of allylic oxidation sites excluding steroid dienone is 2. The van der Waals surface area contributed by atoms with Crippen LogP contribution in [-0.4, -0.2) is 43.6 Å². The first-order valence-corrected chi connectivity index (χ1v) is 14.6. The number of carbonyl (C=O) groups excluding carboxylic acids is 4. The minimum absolute atomic E-state index is 0.0240. The van der Waals surface area contributed by atoms with E-state index in [1.807, 2.05) is 26.0 Å². The molecule has 3 aliphatic rings. The van der Waals surface area contributed by atoms with Gasteiger partial charge in [-0.15, -0.1) is 0 Å². The van der Waals surface area contributed by atoms with Gasteiger partial charge in [-0.1, -0.05) is 42.5 Å². The lowest BCUT2D eigenvalue weighted by Crippen LogP contribution is -2.25. The van der Waals surface area contributed by atoms with Crippen molar-refractivity contribution < 1.29 is 39.6 Å². The largest absolute Gasteiger partial charge is 0.507 e. The predicted octanol–water partition coefficient (Wildman–Crippen LogP) is 6.52. The fourth-order valence-electron chi connectivity index (χ4n) is 6.85. The van der Waals surface area contributed by atoms with Crippen molar-refractivity contribution in [2.24, 2.45) is 0 Å². The lowest BCUT2D eigenvalue weighted by atomic mass is 9.74. The second kappa shape index (κ2) is 10.3. The number of fused-ring (bicyclic) bond motifs is 7. The summed E-state index contributed by atoms with van der Waals surface area (Å²) < 4.78 is 0. The van der Waals surface area contributed by atoms with Crippen LogP contribution in [0.5, 0.6) is 23.0 Å². The van der Waals surface area contributed by atoms with E-state index in [-0.39, 0.29) is 79.3 Å². The van der Waals surface area contributed by atoms with Gasteiger partial charge in [-0.2, -0.15) is 0 Å². The summed E-state index contributed by atoms with van der Waals surface area (Å²) in [6, 6.07) is 19.2. The highest BCUT2D eigenvalue weighted by Crippen LogP contribution is 2.45. The third kappa shape index (κ3) is 4.14. The second-order valence-corrected chi connectivity index (χ2v) is 11.8. The monoisotopic (exact) mass is 610 g/mol. The number of ketones is 4. The van der Waals surface area contributed by atoms with E-state index in [9.17, 15) is 39.6 Å². The molecule has 0 unspecified atom stereocenters. The number of phenols is 4. The normalized spacial score (nSPS) is 14.6. The van der Waals surface area contributed by atoms with E-state index in [4.69, 9.17) is 0 Å². The molecule has 5 aromatic carbocycles. The lowest BCUT2D eigenvalue weighted by Gasteiger charge is -2.27. The van der Waals surface area contributed by atoms with Crippen molar-refractivity contribution >= 4 is 39.5 Å². The SMILES string of the molecule is Cc1cc(O)c2c(c1)CCC1=C2C(=O)c2cccc(O)c2C1=O.Cc1cc(O)c2c3c(ccc2c1)C(=O)c1c(O)cccc1C3=O. The Kier molecular flexibility index (Phi) is 6.42. The van der Waals surface area contributed by atoms with Crippen LogP contribution in [-0.2, 0) is 6.42 Å². The average Bonchev–Trinajstić information content (AvgIpc) is 3.01. The van der Waals surface area contributed by atoms with Crippen molar-refractivity contribution in [2.75, 3.05) is 0 Å². The molecule has 46 heavy (non-hydrogen) atoms. The molecule has 0 atom stereocenters. The van der Waals surface area contributed by atoms with Gasteiger partial charge in [0.15, 0.2) is 23.1 Å². The summed E-state index contributed by atoms with van der Waals surface area (Å²) in [7, 11) is 0. The molecule has 0 bridgehead atoms. The van der Waals surface area contributed by atoms with Crippen LogP contribution in [0.2, 0.25) is 0 Å². The zero-order valence-electron chi connectivity index (χ0n) is 24.8. The maximum Gasteiger partial charge on any atom is 0.198 e. The molecule has 226 valence electrons. The van der Waals surface area contributed by atoms with E-state index in [2.05, 4.69) is 0 Å². The number of hydrogen-bond acceptors (Lipinski definition) is 8. The van der Waals surface area contributed by atoms with Gasteiger partial charge in [-0.05, 0) is 79.1 Å². The molecule has 0 spiro atoms. The molecule has 8 rings (SSSR count). The van der Waals surface area contributed by atoms with Crippen LogP contribution >= 0.6 is 0 Å². The van der Waals surface area contributed by atoms with Crippen LogP contribution in [0.4, 0.5) is 0 Å². The molecule has 8 heteroatoms. The van der Waals surface area contributed by atoms with Gasteiger partial charge < -0.3 is 20.4 Å². The van der Waals surface area contributed by atoms with Crippen LogP contribution < -0.4 is 0 Å². The van der Waals surface area contributed by atoms with Crippen molar-refractivity contribution in [1.82, 2.24) is 0 Å². The molecule has 4 N–H and O–H groups in total. The summed E-state index contributed by atoms with van der Waals surface area (Å²) in [5.41, 5.74) is 4.65. The Hall–Kier alpha value is -6.02. The molecule has 0 saturated carbocycles. The maximum absolute atomic E-state index is 12.9. The summed E-state index contributed by atoms with van der Waals surface area (Å²) in [5, 5.41) is 41.6. The zero-order chi connectivity index (χ0) is 32.6. The Morgan fingerprint density at radius 1 is 0.500 bits per heavy atom. The highest BCUT2D eigenvalue weighted by molar-refractivity contribution is 6.42. The highest BCUT2D eigenvalue weighted by Gasteiger charge is 2.38. The van der Waals surface area contributed by atoms with Crippen molar-refractivity contribution in [2.45, 2.75) is 26.7 Å². The molecule has 0 aliphatic heterocycles. The summed E-state index contributed by atoms with van der Waals surface area (Å²) in [5.74, 6) is -1.79. The summed E-state index contributed by atoms with van der Waals surface area (Å²) in [4.78, 5) is 51.3. The minimum Gasteiger partial charge on any atom is -0.507 e. The first-order chi connectivity index (χ1) is 22.0. The number of carbonyl (C=O) groups is 4. The quantitative estimate of drug-likeness (QED) is 0.152. The smallest absolute Gasteiger partial charge is 0.198 e. The van der Waals surface area contributed by atoms with Crippen LogP contribution in [0, 0.1) is 13.8 Å². The van der Waals surface area contributed by atoms with Gasteiger partial charge >= 0.3 is 0 Å². The number of aryl methyl sites for hydroxylation is 3. The zero-order valence-corrected chi connectivity index (χ0v) is 24.8. The number of hydrogen-bond donors (Lipinski definition) is 4. The minimum atomic E-state index is -0.408. The molecule has 0 saturated heterocycles. The van der Waals surface area contributed by atoms with E-state index in [1.165, 1.54) is 24.3 Å². The van der Waals surface area contributed by atoms with Crippen LogP contribution in [0.25, 0.3) is 16.3 Å². The van der Waals surface area contributed by atoms with Crippen LogP contribution in [0.1, 0.15) is 81.2 Å². The number of Topliss-reactive ketones (excluding diaryl/α,β-unsaturated/α-hetero) is 2. The van der Waals surface area contributed by atoms with E-state index < -0.39 is 5.78 Å². The Bertz CT molecular complexity index is 2290. The van der Waals surface area contributed by atoms with Crippen LogP contribution in [0.15, 0.2) is 78.4 Å². The van der Waals surface area contributed by atoms with Crippen molar-refractivity contribution in [3.63, 3.8) is 0 Å². The lowest BCUT2D eigenvalue weighted by molar-refractivity contribution is 0.0978. The Morgan fingerprint density at radius 2 is 1.07 bits per heavy atom. The Morgan fingerprint density at radius 3 is 1.76 bits per heavy atom. The third-order valence-electron chi connectivity index (χ3n) is 8.78. The van der Waals surface area contributed by atoms with Gasteiger partial charge in [0.2, 0.25) is 0 Å². The topological polar surface area (TPSA) is 149 Å². The Balaban J connectivity index is 0.000000147. The molecular formula is C38H26O8. The molecule has 3 aliphatic carbocycles. The number of rotatable bonds is 0. The molecule has 0 heterocycles. The van der Waals surface area contributed by atoms with Gasteiger partial charge in [0.05, 0.1) is 11.1 Å². The van der Waals surface area contributed by atoms with Crippen molar-refractivity contribution in [1.29, 1.82) is 0 Å². The van der Waals surface area contributed by atoms with Crippen LogP contribution in [0.3, 0.4) is 0 Å². The molecule has 0 radical (unpaired) electrons. The third-order valence-corrected chi connectivity index (χ3v) is 8.78. The van der Waals surface area contributed by atoms with E-state index in [0.717, 1.165) is 16.7 Å². The Labute approximate surface area is 262 Å². The average molecular weight is 611 g/mol. The molecule has 0 amide bonds. The van der Waals surface area contributed by atoms with Gasteiger partial charge in [0.1, 0.15) is 23.0 Å². The first kappa shape index (κ1) is 28.7. The van der Waals surface area contributed by atoms with Gasteiger partial charge in [0.25, 0.3) is 0 Å². The molecular weight excluding hydrogens is 584 g/mol. The summed E-state index contributed by atoms with van der Waals surface area (Å²) >= 11 is 0. The number of benzene rings is 5.